The topological polar surface area (TPSA) is 64.6 Å². The second kappa shape index (κ2) is 8.56. The standard InChI is InChI=1S/C15H21NO4S/c1-10(2)14(21)9-20-15(18)16-13-6-4-12(5-7-13)8-19-11(3)17/h4-7,10,14,21H,8-9H2,1-3H3,(H,16,18). The Morgan fingerprint density at radius 1 is 1.19 bits per heavy atom. The van der Waals surface area contributed by atoms with Crippen molar-refractivity contribution in [2.75, 3.05) is 11.9 Å². The van der Waals surface area contributed by atoms with Crippen LogP contribution in [0, 0.1) is 5.92 Å². The van der Waals surface area contributed by atoms with E-state index < -0.39 is 6.09 Å². The molecule has 1 aromatic rings. The molecule has 0 spiro atoms. The zero-order valence-corrected chi connectivity index (χ0v) is 13.4. The third-order valence-electron chi connectivity index (χ3n) is 2.80. The van der Waals surface area contributed by atoms with Gasteiger partial charge < -0.3 is 9.47 Å². The molecule has 0 aliphatic carbocycles. The number of esters is 1. The lowest BCUT2D eigenvalue weighted by Gasteiger charge is -2.15. The van der Waals surface area contributed by atoms with E-state index >= 15 is 0 Å². The lowest BCUT2D eigenvalue weighted by Crippen LogP contribution is -2.22. The fourth-order valence-corrected chi connectivity index (χ4v) is 1.45. The van der Waals surface area contributed by atoms with Crippen molar-refractivity contribution in [3.63, 3.8) is 0 Å². The molecule has 1 amide bonds. The van der Waals surface area contributed by atoms with Crippen LogP contribution >= 0.6 is 12.6 Å². The highest BCUT2D eigenvalue weighted by Crippen LogP contribution is 2.12. The molecular weight excluding hydrogens is 290 g/mol. The van der Waals surface area contributed by atoms with Crippen molar-refractivity contribution in [3.8, 4) is 0 Å². The van der Waals surface area contributed by atoms with E-state index in [9.17, 15) is 9.59 Å². The van der Waals surface area contributed by atoms with Crippen molar-refractivity contribution in [1.29, 1.82) is 0 Å². The first kappa shape index (κ1) is 17.4. The van der Waals surface area contributed by atoms with Crippen LogP contribution in [0.15, 0.2) is 24.3 Å². The van der Waals surface area contributed by atoms with Crippen LogP contribution in [0.3, 0.4) is 0 Å². The van der Waals surface area contributed by atoms with E-state index in [1.54, 1.807) is 24.3 Å². The number of hydrogen-bond acceptors (Lipinski definition) is 5. The fraction of sp³-hybridized carbons (Fsp3) is 0.467. The first-order chi connectivity index (χ1) is 9.88. The van der Waals surface area contributed by atoms with E-state index in [1.807, 2.05) is 13.8 Å². The number of rotatable bonds is 6. The maximum Gasteiger partial charge on any atom is 0.411 e. The second-order valence-corrected chi connectivity index (χ2v) is 5.68. The van der Waals surface area contributed by atoms with Crippen LogP contribution in [-0.4, -0.2) is 23.9 Å². The molecule has 0 radical (unpaired) electrons. The SMILES string of the molecule is CC(=O)OCc1ccc(NC(=O)OCC(S)C(C)C)cc1. The predicted molar refractivity (Wildman–Crippen MR) is 84.5 cm³/mol. The van der Waals surface area contributed by atoms with Crippen LogP contribution in [-0.2, 0) is 20.9 Å². The third kappa shape index (κ3) is 7.04. The van der Waals surface area contributed by atoms with Crippen molar-refractivity contribution >= 4 is 30.4 Å². The van der Waals surface area contributed by atoms with E-state index in [1.165, 1.54) is 6.92 Å². The van der Waals surface area contributed by atoms with E-state index in [4.69, 9.17) is 9.47 Å². The summed E-state index contributed by atoms with van der Waals surface area (Å²) in [7, 11) is 0. The normalized spacial score (nSPS) is 11.9. The molecule has 1 N–H and O–H groups in total. The van der Waals surface area contributed by atoms with Gasteiger partial charge in [0.1, 0.15) is 13.2 Å². The molecule has 0 aliphatic rings. The molecule has 0 fully saturated rings. The van der Waals surface area contributed by atoms with Gasteiger partial charge in [-0.3, -0.25) is 10.1 Å². The van der Waals surface area contributed by atoms with Crippen LogP contribution in [0.2, 0.25) is 0 Å². The number of carbonyl (C=O) groups is 2. The number of carbonyl (C=O) groups excluding carboxylic acids is 2. The van der Waals surface area contributed by atoms with Crippen LogP contribution in [0.4, 0.5) is 10.5 Å². The minimum Gasteiger partial charge on any atom is -0.461 e. The van der Waals surface area contributed by atoms with E-state index in [2.05, 4.69) is 17.9 Å². The Labute approximate surface area is 130 Å². The summed E-state index contributed by atoms with van der Waals surface area (Å²) >= 11 is 4.33. The van der Waals surface area contributed by atoms with Crippen LogP contribution in [0.1, 0.15) is 26.3 Å². The van der Waals surface area contributed by atoms with Gasteiger partial charge in [-0.1, -0.05) is 26.0 Å². The van der Waals surface area contributed by atoms with Gasteiger partial charge in [-0.05, 0) is 23.6 Å². The number of benzene rings is 1. The third-order valence-corrected chi connectivity index (χ3v) is 3.54. The van der Waals surface area contributed by atoms with Gasteiger partial charge in [0, 0.05) is 17.9 Å². The Morgan fingerprint density at radius 2 is 1.81 bits per heavy atom. The summed E-state index contributed by atoms with van der Waals surface area (Å²) in [5.74, 6) is 0.00827. The molecule has 1 unspecified atom stereocenters. The Bertz CT molecular complexity index is 473. The van der Waals surface area contributed by atoms with E-state index in [-0.39, 0.29) is 24.4 Å². The molecule has 0 saturated heterocycles. The number of amides is 1. The lowest BCUT2D eigenvalue weighted by atomic mass is 10.1. The maximum absolute atomic E-state index is 11.6. The maximum atomic E-state index is 11.6. The molecule has 21 heavy (non-hydrogen) atoms. The zero-order valence-electron chi connectivity index (χ0n) is 12.5. The molecule has 1 rings (SSSR count). The summed E-state index contributed by atoms with van der Waals surface area (Å²) in [4.78, 5) is 22.3. The molecule has 1 atom stereocenters. The number of ether oxygens (including phenoxy) is 2. The van der Waals surface area contributed by atoms with Crippen LogP contribution < -0.4 is 5.32 Å². The van der Waals surface area contributed by atoms with Gasteiger partial charge in [0.25, 0.3) is 0 Å². The Balaban J connectivity index is 2.41. The molecule has 0 saturated carbocycles. The molecule has 0 aromatic heterocycles. The van der Waals surface area contributed by atoms with Gasteiger partial charge in [0.05, 0.1) is 0 Å². The molecule has 0 aliphatic heterocycles. The summed E-state index contributed by atoms with van der Waals surface area (Å²) in [6.07, 6.45) is -0.512. The Hall–Kier alpha value is -1.69. The van der Waals surface area contributed by atoms with E-state index in [0.29, 0.717) is 11.6 Å². The summed E-state index contributed by atoms with van der Waals surface area (Å²) in [5, 5.41) is 2.64. The van der Waals surface area contributed by atoms with Crippen molar-refractivity contribution in [1.82, 2.24) is 0 Å². The average Bonchev–Trinajstić information content (AvgIpc) is 2.43. The van der Waals surface area contributed by atoms with Gasteiger partial charge in [-0.25, -0.2) is 4.79 Å². The van der Waals surface area contributed by atoms with Gasteiger partial charge >= 0.3 is 12.1 Å². The summed E-state index contributed by atoms with van der Waals surface area (Å²) in [6, 6.07) is 6.99. The van der Waals surface area contributed by atoms with Gasteiger partial charge in [-0.2, -0.15) is 12.6 Å². The molecule has 116 valence electrons. The molecular formula is C15H21NO4S. The second-order valence-electron chi connectivity index (χ2n) is 5.01. The van der Waals surface area contributed by atoms with Crippen LogP contribution in [0.25, 0.3) is 0 Å². The van der Waals surface area contributed by atoms with Gasteiger partial charge in [0.15, 0.2) is 0 Å². The zero-order chi connectivity index (χ0) is 15.8. The smallest absolute Gasteiger partial charge is 0.411 e. The van der Waals surface area contributed by atoms with Crippen molar-refractivity contribution in [3.05, 3.63) is 29.8 Å². The first-order valence-electron chi connectivity index (χ1n) is 6.72. The highest BCUT2D eigenvalue weighted by Gasteiger charge is 2.11. The van der Waals surface area contributed by atoms with Crippen LogP contribution in [0.5, 0.6) is 0 Å². The summed E-state index contributed by atoms with van der Waals surface area (Å²) in [6.45, 7) is 5.87. The average molecular weight is 311 g/mol. The highest BCUT2D eigenvalue weighted by atomic mass is 32.1. The molecule has 1 aromatic carbocycles. The van der Waals surface area contributed by atoms with Gasteiger partial charge in [0.2, 0.25) is 0 Å². The monoisotopic (exact) mass is 311 g/mol. The molecule has 5 nitrogen and oxygen atoms in total. The Kier molecular flexibility index (Phi) is 7.08. The lowest BCUT2D eigenvalue weighted by molar-refractivity contribution is -0.142. The number of anilines is 1. The highest BCUT2D eigenvalue weighted by molar-refractivity contribution is 7.81. The minimum absolute atomic E-state index is 0.0156. The van der Waals surface area contributed by atoms with Crippen molar-refractivity contribution in [2.24, 2.45) is 5.92 Å². The fourth-order valence-electron chi connectivity index (χ4n) is 1.38. The first-order valence-corrected chi connectivity index (χ1v) is 7.24. The number of hydrogen-bond donors (Lipinski definition) is 2. The molecule has 0 bridgehead atoms. The van der Waals surface area contributed by atoms with Crippen molar-refractivity contribution in [2.45, 2.75) is 32.6 Å². The molecule has 6 heteroatoms. The predicted octanol–water partition coefficient (Wildman–Crippen LogP) is 3.25. The number of thiol groups is 1. The Morgan fingerprint density at radius 3 is 2.33 bits per heavy atom. The van der Waals surface area contributed by atoms with E-state index in [0.717, 1.165) is 5.56 Å². The summed E-state index contributed by atoms with van der Waals surface area (Å²) in [5.41, 5.74) is 1.46. The quantitative estimate of drug-likeness (QED) is 0.625. The molecule has 0 heterocycles. The summed E-state index contributed by atoms with van der Waals surface area (Å²) < 4.78 is 9.96. The largest absolute Gasteiger partial charge is 0.461 e. The minimum atomic E-state index is -0.512. The number of nitrogens with one attached hydrogen (secondary N) is 1. The van der Waals surface area contributed by atoms with Crippen molar-refractivity contribution < 1.29 is 19.1 Å². The van der Waals surface area contributed by atoms with Gasteiger partial charge in [-0.15, -0.1) is 0 Å².